The van der Waals surface area contributed by atoms with Gasteiger partial charge < -0.3 is 10.0 Å². The van der Waals surface area contributed by atoms with Gasteiger partial charge in [-0.15, -0.1) is 0 Å². The minimum Gasteiger partial charge on any atom is -0.480 e. The summed E-state index contributed by atoms with van der Waals surface area (Å²) in [4.78, 5) is 15.5. The monoisotopic (exact) mass is 200 g/mol. The van der Waals surface area contributed by atoms with E-state index in [1.54, 1.807) is 0 Å². The Morgan fingerprint density at radius 3 is 2.21 bits per heavy atom. The Hall–Kier alpha value is -0.610. The smallest absolute Gasteiger partial charge is 0.323 e. The maximum atomic E-state index is 11.2. The Bertz CT molecular complexity index is 212. The Kier molecular flexibility index (Phi) is 3.50. The van der Waals surface area contributed by atoms with E-state index in [9.17, 15) is 9.90 Å². The number of hydrogen-bond acceptors (Lipinski definition) is 3. The summed E-state index contributed by atoms with van der Waals surface area (Å²) < 4.78 is 0. The maximum absolute atomic E-state index is 11.2. The van der Waals surface area contributed by atoms with Crippen LogP contribution in [0.3, 0.4) is 0 Å². The molecule has 1 aliphatic heterocycles. The van der Waals surface area contributed by atoms with Crippen molar-refractivity contribution < 1.29 is 9.90 Å². The van der Waals surface area contributed by atoms with Crippen LogP contribution < -0.4 is 0 Å². The van der Waals surface area contributed by atoms with Crippen LogP contribution in [-0.4, -0.2) is 59.6 Å². The number of likely N-dealkylation sites (N-methyl/N-ethyl adjacent to an activating group) is 1. The number of carboxylic acids is 1. The lowest BCUT2D eigenvalue weighted by Gasteiger charge is -2.42. The van der Waals surface area contributed by atoms with E-state index in [0.717, 1.165) is 26.2 Å². The number of aliphatic carboxylic acids is 1. The standard InChI is InChI=1S/C10H20N2O2/c1-4-10(2,9(13)14)12-7-5-11(3)6-8-12/h4-8H2,1-3H3,(H,13,14). The van der Waals surface area contributed by atoms with Gasteiger partial charge >= 0.3 is 5.97 Å². The van der Waals surface area contributed by atoms with Gasteiger partial charge in [0.1, 0.15) is 5.54 Å². The number of carboxylic acid groups (broad SMARTS) is 1. The predicted molar refractivity (Wildman–Crippen MR) is 55.4 cm³/mol. The zero-order chi connectivity index (χ0) is 10.8. The molecule has 0 aromatic rings. The third-order valence-corrected chi connectivity index (χ3v) is 3.35. The molecule has 0 amide bonds. The molecule has 1 unspecified atom stereocenters. The highest BCUT2D eigenvalue weighted by Gasteiger charge is 2.38. The second-order valence-electron chi connectivity index (χ2n) is 4.22. The molecule has 0 bridgehead atoms. The average Bonchev–Trinajstić information content (AvgIpc) is 2.17. The molecule has 0 radical (unpaired) electrons. The average molecular weight is 200 g/mol. The number of hydrogen-bond donors (Lipinski definition) is 1. The molecule has 1 rings (SSSR count). The predicted octanol–water partition coefficient (Wildman–Crippen LogP) is 0.487. The molecular formula is C10H20N2O2. The summed E-state index contributed by atoms with van der Waals surface area (Å²) in [5.41, 5.74) is -0.679. The summed E-state index contributed by atoms with van der Waals surface area (Å²) in [5, 5.41) is 9.20. The van der Waals surface area contributed by atoms with Gasteiger partial charge in [0.05, 0.1) is 0 Å². The summed E-state index contributed by atoms with van der Waals surface area (Å²) in [5.74, 6) is -0.704. The lowest BCUT2D eigenvalue weighted by Crippen LogP contribution is -2.58. The van der Waals surface area contributed by atoms with Crippen molar-refractivity contribution in [2.45, 2.75) is 25.8 Å². The first-order valence-corrected chi connectivity index (χ1v) is 5.17. The zero-order valence-corrected chi connectivity index (χ0v) is 9.29. The van der Waals surface area contributed by atoms with Crippen molar-refractivity contribution in [3.8, 4) is 0 Å². The van der Waals surface area contributed by atoms with Crippen molar-refractivity contribution in [1.29, 1.82) is 0 Å². The Balaban J connectivity index is 2.66. The number of rotatable bonds is 3. The van der Waals surface area contributed by atoms with Crippen LogP contribution >= 0.6 is 0 Å². The number of carbonyl (C=O) groups is 1. The van der Waals surface area contributed by atoms with Gasteiger partial charge in [-0.2, -0.15) is 0 Å². The topological polar surface area (TPSA) is 43.8 Å². The van der Waals surface area contributed by atoms with E-state index >= 15 is 0 Å². The first-order chi connectivity index (χ1) is 6.50. The van der Waals surface area contributed by atoms with Crippen molar-refractivity contribution in [2.75, 3.05) is 33.2 Å². The molecule has 1 N–H and O–H groups in total. The molecule has 82 valence electrons. The lowest BCUT2D eigenvalue weighted by molar-refractivity contribution is -0.152. The molecular weight excluding hydrogens is 180 g/mol. The summed E-state index contributed by atoms with van der Waals surface area (Å²) in [6.45, 7) is 7.39. The third-order valence-electron chi connectivity index (χ3n) is 3.35. The molecule has 4 nitrogen and oxygen atoms in total. The van der Waals surface area contributed by atoms with Crippen LogP contribution in [0.1, 0.15) is 20.3 Å². The highest BCUT2D eigenvalue weighted by molar-refractivity contribution is 5.78. The molecule has 0 aromatic heterocycles. The van der Waals surface area contributed by atoms with Gasteiger partial charge in [-0.05, 0) is 20.4 Å². The number of nitrogens with zero attached hydrogens (tertiary/aromatic N) is 2. The second kappa shape index (κ2) is 4.28. The number of piperazine rings is 1. The molecule has 0 aliphatic carbocycles. The Morgan fingerprint density at radius 2 is 1.86 bits per heavy atom. The van der Waals surface area contributed by atoms with E-state index in [4.69, 9.17) is 0 Å². The first kappa shape index (κ1) is 11.5. The molecule has 1 heterocycles. The molecule has 0 aromatic carbocycles. The lowest BCUT2D eigenvalue weighted by atomic mass is 9.95. The van der Waals surface area contributed by atoms with Crippen molar-refractivity contribution in [2.24, 2.45) is 0 Å². The zero-order valence-electron chi connectivity index (χ0n) is 9.29. The molecule has 0 spiro atoms. The molecule has 1 saturated heterocycles. The summed E-state index contributed by atoms with van der Waals surface area (Å²) in [6.07, 6.45) is 0.659. The fraction of sp³-hybridized carbons (Fsp3) is 0.900. The van der Waals surface area contributed by atoms with Crippen LogP contribution in [0.5, 0.6) is 0 Å². The van der Waals surface area contributed by atoms with Crippen LogP contribution in [0.15, 0.2) is 0 Å². The molecule has 0 saturated carbocycles. The minimum atomic E-state index is -0.704. The van der Waals surface area contributed by atoms with Crippen molar-refractivity contribution in [3.63, 3.8) is 0 Å². The normalized spacial score (nSPS) is 24.5. The molecule has 4 heteroatoms. The van der Waals surface area contributed by atoms with Gasteiger partial charge in [-0.25, -0.2) is 0 Å². The maximum Gasteiger partial charge on any atom is 0.323 e. The summed E-state index contributed by atoms with van der Waals surface area (Å²) >= 11 is 0. The highest BCUT2D eigenvalue weighted by Crippen LogP contribution is 2.21. The van der Waals surface area contributed by atoms with Crippen LogP contribution in [-0.2, 0) is 4.79 Å². The van der Waals surface area contributed by atoms with Crippen molar-refractivity contribution in [1.82, 2.24) is 9.80 Å². The van der Waals surface area contributed by atoms with E-state index in [1.165, 1.54) is 0 Å². The minimum absolute atomic E-state index is 0.659. The van der Waals surface area contributed by atoms with Crippen LogP contribution in [0.25, 0.3) is 0 Å². The Morgan fingerprint density at radius 1 is 1.36 bits per heavy atom. The Labute approximate surface area is 85.5 Å². The molecule has 1 aliphatic rings. The second-order valence-corrected chi connectivity index (χ2v) is 4.22. The van der Waals surface area contributed by atoms with Gasteiger partial charge in [0.15, 0.2) is 0 Å². The summed E-state index contributed by atoms with van der Waals surface area (Å²) in [6, 6.07) is 0. The largest absolute Gasteiger partial charge is 0.480 e. The van der Waals surface area contributed by atoms with Gasteiger partial charge in [-0.1, -0.05) is 6.92 Å². The van der Waals surface area contributed by atoms with Crippen LogP contribution in [0.4, 0.5) is 0 Å². The van der Waals surface area contributed by atoms with Gasteiger partial charge in [0.2, 0.25) is 0 Å². The van der Waals surface area contributed by atoms with Gasteiger partial charge in [0.25, 0.3) is 0 Å². The molecule has 1 fully saturated rings. The molecule has 1 atom stereocenters. The van der Waals surface area contributed by atoms with Crippen molar-refractivity contribution >= 4 is 5.97 Å². The first-order valence-electron chi connectivity index (χ1n) is 5.17. The van der Waals surface area contributed by atoms with E-state index < -0.39 is 11.5 Å². The van der Waals surface area contributed by atoms with Crippen LogP contribution in [0, 0.1) is 0 Å². The highest BCUT2D eigenvalue weighted by atomic mass is 16.4. The SMILES string of the molecule is CCC(C)(C(=O)O)N1CCN(C)CC1. The van der Waals surface area contributed by atoms with Gasteiger partial charge in [-0.3, -0.25) is 9.69 Å². The fourth-order valence-electron chi connectivity index (χ4n) is 1.81. The van der Waals surface area contributed by atoms with E-state index in [0.29, 0.717) is 6.42 Å². The van der Waals surface area contributed by atoms with E-state index in [1.807, 2.05) is 13.8 Å². The summed E-state index contributed by atoms with van der Waals surface area (Å²) in [7, 11) is 2.07. The quantitative estimate of drug-likeness (QED) is 0.720. The van der Waals surface area contributed by atoms with Gasteiger partial charge in [0, 0.05) is 26.2 Å². The van der Waals surface area contributed by atoms with Crippen LogP contribution in [0.2, 0.25) is 0 Å². The fourth-order valence-corrected chi connectivity index (χ4v) is 1.81. The third kappa shape index (κ3) is 2.07. The van der Waals surface area contributed by atoms with Crippen molar-refractivity contribution in [3.05, 3.63) is 0 Å². The van der Waals surface area contributed by atoms with E-state index in [-0.39, 0.29) is 0 Å². The molecule has 14 heavy (non-hydrogen) atoms. The van der Waals surface area contributed by atoms with E-state index in [2.05, 4.69) is 16.8 Å².